The molecule has 0 saturated heterocycles. The van der Waals surface area contributed by atoms with E-state index >= 15 is 0 Å². The van der Waals surface area contributed by atoms with E-state index in [1.165, 1.54) is 4.31 Å². The van der Waals surface area contributed by atoms with E-state index in [9.17, 15) is 8.42 Å². The molecule has 0 amide bonds. The molecule has 2 N–H and O–H groups in total. The van der Waals surface area contributed by atoms with Crippen molar-refractivity contribution in [3.63, 3.8) is 0 Å². The predicted octanol–water partition coefficient (Wildman–Crippen LogP) is 2.26. The molecule has 0 aliphatic carbocycles. The summed E-state index contributed by atoms with van der Waals surface area (Å²) in [7, 11) is -0.101. The van der Waals surface area contributed by atoms with Crippen molar-refractivity contribution in [1.29, 1.82) is 0 Å². The predicted molar refractivity (Wildman–Crippen MR) is 87.3 cm³/mol. The molecule has 1 aromatic carbocycles. The van der Waals surface area contributed by atoms with Crippen molar-refractivity contribution in [3.8, 4) is 0 Å². The standard InChI is InChI=1S/C13H22BrN3O2S/c1-10-8-11(2)13(12(14)9-10)16-20(18,19)17(4)7-5-6-15-3/h8-9,15-16H,5-7H2,1-4H3. The highest BCUT2D eigenvalue weighted by atomic mass is 79.9. The summed E-state index contributed by atoms with van der Waals surface area (Å²) < 4.78 is 29.2. The fourth-order valence-corrected chi connectivity index (χ4v) is 3.81. The normalized spacial score (nSPS) is 11.9. The average Bonchev–Trinajstić information content (AvgIpc) is 2.34. The highest BCUT2D eigenvalue weighted by Crippen LogP contribution is 2.28. The number of anilines is 1. The van der Waals surface area contributed by atoms with Crippen LogP contribution in [0.5, 0.6) is 0 Å². The van der Waals surface area contributed by atoms with Crippen LogP contribution >= 0.6 is 15.9 Å². The van der Waals surface area contributed by atoms with Crippen LogP contribution in [-0.4, -0.2) is 39.9 Å². The number of aryl methyl sites for hydroxylation is 2. The molecule has 0 aromatic heterocycles. The summed E-state index contributed by atoms with van der Waals surface area (Å²) in [6, 6.07) is 3.84. The molecule has 0 fully saturated rings. The third-order valence-electron chi connectivity index (χ3n) is 2.97. The summed E-state index contributed by atoms with van der Waals surface area (Å²) in [5.41, 5.74) is 2.57. The van der Waals surface area contributed by atoms with Gasteiger partial charge in [0.05, 0.1) is 5.69 Å². The Labute approximate surface area is 130 Å². The van der Waals surface area contributed by atoms with Crippen molar-refractivity contribution in [3.05, 3.63) is 27.7 Å². The maximum Gasteiger partial charge on any atom is 0.301 e. The van der Waals surface area contributed by atoms with E-state index in [-0.39, 0.29) is 0 Å². The third kappa shape index (κ3) is 4.73. The van der Waals surface area contributed by atoms with Gasteiger partial charge in [0.25, 0.3) is 0 Å². The highest BCUT2D eigenvalue weighted by molar-refractivity contribution is 9.10. The van der Waals surface area contributed by atoms with Crippen molar-refractivity contribution < 1.29 is 8.42 Å². The molecule has 7 heteroatoms. The molecule has 0 atom stereocenters. The molecule has 5 nitrogen and oxygen atoms in total. The first kappa shape index (κ1) is 17.4. The van der Waals surface area contributed by atoms with Crippen molar-refractivity contribution >= 4 is 31.8 Å². The minimum absolute atomic E-state index is 0.471. The van der Waals surface area contributed by atoms with Crippen molar-refractivity contribution in [2.24, 2.45) is 0 Å². The Morgan fingerprint density at radius 3 is 2.50 bits per heavy atom. The van der Waals surface area contributed by atoms with Crippen LogP contribution < -0.4 is 10.0 Å². The van der Waals surface area contributed by atoms with Crippen molar-refractivity contribution in [2.75, 3.05) is 31.9 Å². The smallest absolute Gasteiger partial charge is 0.301 e. The summed E-state index contributed by atoms with van der Waals surface area (Å²) in [5, 5.41) is 3.00. The van der Waals surface area contributed by atoms with Gasteiger partial charge in [0.2, 0.25) is 0 Å². The maximum atomic E-state index is 12.3. The molecule has 1 aromatic rings. The average molecular weight is 364 g/mol. The van der Waals surface area contributed by atoms with Gasteiger partial charge in [-0.15, -0.1) is 0 Å². The molecule has 0 saturated carbocycles. The zero-order valence-electron chi connectivity index (χ0n) is 12.3. The van der Waals surface area contributed by atoms with Crippen LogP contribution in [0.15, 0.2) is 16.6 Å². The maximum absolute atomic E-state index is 12.3. The Hall–Kier alpha value is -0.630. The Bertz CT molecular complexity index is 538. The van der Waals surface area contributed by atoms with Crippen LogP contribution in [0.1, 0.15) is 17.5 Å². The Morgan fingerprint density at radius 1 is 1.30 bits per heavy atom. The Kier molecular flexibility index (Phi) is 6.44. The van der Waals surface area contributed by atoms with Gasteiger partial charge < -0.3 is 5.32 Å². The van der Waals surface area contributed by atoms with E-state index in [1.54, 1.807) is 7.05 Å². The van der Waals surface area contributed by atoms with Crippen LogP contribution in [0.2, 0.25) is 0 Å². The number of rotatable bonds is 7. The monoisotopic (exact) mass is 363 g/mol. The van der Waals surface area contributed by atoms with E-state index in [4.69, 9.17) is 0 Å². The van der Waals surface area contributed by atoms with Crippen LogP contribution in [0.3, 0.4) is 0 Å². The van der Waals surface area contributed by atoms with Gasteiger partial charge in [-0.05, 0) is 67.0 Å². The van der Waals surface area contributed by atoms with Gasteiger partial charge in [0.1, 0.15) is 0 Å². The van der Waals surface area contributed by atoms with Crippen LogP contribution in [0.4, 0.5) is 5.69 Å². The second-order valence-corrected chi connectivity index (χ2v) is 7.46. The zero-order chi connectivity index (χ0) is 15.3. The van der Waals surface area contributed by atoms with E-state index in [0.29, 0.717) is 12.2 Å². The van der Waals surface area contributed by atoms with Gasteiger partial charge in [-0.3, -0.25) is 4.72 Å². The third-order valence-corrected chi connectivity index (χ3v) is 5.06. The largest absolute Gasteiger partial charge is 0.320 e. The van der Waals surface area contributed by atoms with Crippen LogP contribution in [-0.2, 0) is 10.2 Å². The van der Waals surface area contributed by atoms with Gasteiger partial charge in [-0.25, -0.2) is 0 Å². The minimum atomic E-state index is -3.53. The molecule has 0 radical (unpaired) electrons. The molecule has 114 valence electrons. The molecular formula is C13H22BrN3O2S. The van der Waals surface area contributed by atoms with Crippen LogP contribution in [0, 0.1) is 13.8 Å². The molecular weight excluding hydrogens is 342 g/mol. The lowest BCUT2D eigenvalue weighted by molar-refractivity contribution is 0.462. The fourth-order valence-electron chi connectivity index (χ4n) is 1.85. The fraction of sp³-hybridized carbons (Fsp3) is 0.538. The highest BCUT2D eigenvalue weighted by Gasteiger charge is 2.19. The first-order chi connectivity index (χ1) is 9.27. The quantitative estimate of drug-likeness (QED) is 0.730. The van der Waals surface area contributed by atoms with Gasteiger partial charge in [0.15, 0.2) is 0 Å². The number of halogens is 1. The van der Waals surface area contributed by atoms with Crippen molar-refractivity contribution in [1.82, 2.24) is 9.62 Å². The summed E-state index contributed by atoms with van der Waals surface area (Å²) in [6.07, 6.45) is 0.766. The van der Waals surface area contributed by atoms with E-state index < -0.39 is 10.2 Å². The second kappa shape index (κ2) is 7.40. The summed E-state index contributed by atoms with van der Waals surface area (Å²) in [6.45, 7) is 5.11. The number of benzene rings is 1. The molecule has 1 rings (SSSR count). The number of hydrogen-bond donors (Lipinski definition) is 2. The second-order valence-electron chi connectivity index (χ2n) is 4.82. The summed E-state index contributed by atoms with van der Waals surface area (Å²) in [5.74, 6) is 0. The first-order valence-electron chi connectivity index (χ1n) is 6.43. The summed E-state index contributed by atoms with van der Waals surface area (Å²) >= 11 is 3.41. The molecule has 0 unspecified atom stereocenters. The number of hydrogen-bond acceptors (Lipinski definition) is 3. The molecule has 0 aliphatic rings. The first-order valence-corrected chi connectivity index (χ1v) is 8.66. The molecule has 0 spiro atoms. The molecule has 0 bridgehead atoms. The Balaban J connectivity index is 2.86. The van der Waals surface area contributed by atoms with E-state index in [1.807, 2.05) is 33.0 Å². The minimum Gasteiger partial charge on any atom is -0.320 e. The van der Waals surface area contributed by atoms with E-state index in [2.05, 4.69) is 26.0 Å². The van der Waals surface area contributed by atoms with E-state index in [0.717, 1.165) is 28.6 Å². The SMILES string of the molecule is CNCCCN(C)S(=O)(=O)Nc1c(C)cc(C)cc1Br. The van der Waals surface area contributed by atoms with Crippen molar-refractivity contribution in [2.45, 2.75) is 20.3 Å². The topological polar surface area (TPSA) is 61.4 Å². The molecule has 0 aliphatic heterocycles. The lowest BCUT2D eigenvalue weighted by Gasteiger charge is -2.20. The van der Waals surface area contributed by atoms with Gasteiger partial charge in [-0.2, -0.15) is 12.7 Å². The van der Waals surface area contributed by atoms with Crippen LogP contribution in [0.25, 0.3) is 0 Å². The Morgan fingerprint density at radius 2 is 1.95 bits per heavy atom. The lowest BCUT2D eigenvalue weighted by atomic mass is 10.1. The lowest BCUT2D eigenvalue weighted by Crippen LogP contribution is -2.34. The zero-order valence-corrected chi connectivity index (χ0v) is 14.7. The number of nitrogens with one attached hydrogen (secondary N) is 2. The van der Waals surface area contributed by atoms with Gasteiger partial charge in [-0.1, -0.05) is 6.07 Å². The molecule has 0 heterocycles. The summed E-state index contributed by atoms with van der Waals surface area (Å²) in [4.78, 5) is 0. The van der Waals surface area contributed by atoms with Gasteiger partial charge >= 0.3 is 10.2 Å². The number of nitrogens with zero attached hydrogens (tertiary/aromatic N) is 1. The molecule has 20 heavy (non-hydrogen) atoms. The van der Waals surface area contributed by atoms with Gasteiger partial charge in [0, 0.05) is 18.1 Å².